The van der Waals surface area contributed by atoms with Crippen LogP contribution in [0.25, 0.3) is 0 Å². The Labute approximate surface area is 243 Å². The molecule has 13 nitrogen and oxygen atoms in total. The van der Waals surface area contributed by atoms with Crippen LogP contribution >= 0.6 is 0 Å². The number of ether oxygens (including phenoxy) is 7. The fraction of sp³-hybridized carbons (Fsp3) is 0.483. The molecule has 42 heavy (non-hydrogen) atoms. The van der Waals surface area contributed by atoms with Gasteiger partial charge in [-0.2, -0.15) is 0 Å². The molecule has 1 aromatic heterocycles. The average molecular weight is 589 g/mol. The number of pyridine rings is 1. The topological polar surface area (TPSA) is 158 Å². The lowest BCUT2D eigenvalue weighted by molar-refractivity contribution is -0.161. The number of nitrogens with one attached hydrogen (secondary N) is 1. The highest BCUT2D eigenvalue weighted by atomic mass is 16.7. The second-order valence-corrected chi connectivity index (χ2v) is 9.29. The maximum Gasteiger partial charge on any atom is 0.338 e. The molecule has 3 rings (SSSR count). The minimum Gasteiger partial charge on any atom is -0.493 e. The van der Waals surface area contributed by atoms with Gasteiger partial charge in [0.1, 0.15) is 12.2 Å². The van der Waals surface area contributed by atoms with Crippen molar-refractivity contribution in [3.8, 4) is 11.5 Å². The number of esters is 3. The van der Waals surface area contributed by atoms with Crippen molar-refractivity contribution >= 4 is 23.8 Å². The van der Waals surface area contributed by atoms with Crippen LogP contribution in [0.1, 0.15) is 54.5 Å². The van der Waals surface area contributed by atoms with Crippen molar-refractivity contribution in [2.24, 2.45) is 0 Å². The van der Waals surface area contributed by atoms with E-state index < -0.39 is 55.0 Å². The smallest absolute Gasteiger partial charge is 0.338 e. The quantitative estimate of drug-likeness (QED) is 0.167. The average Bonchev–Trinajstić information content (AvgIpc) is 3.02. The normalized spacial score (nSPS) is 20.6. The summed E-state index contributed by atoms with van der Waals surface area (Å²) in [6.07, 6.45) is 0.271. The first-order chi connectivity index (χ1) is 20.2. The summed E-state index contributed by atoms with van der Waals surface area (Å²) >= 11 is 0. The van der Waals surface area contributed by atoms with E-state index in [1.54, 1.807) is 37.3 Å². The van der Waals surface area contributed by atoms with Crippen LogP contribution in [0.15, 0.2) is 42.6 Å². The number of aromatic nitrogens is 1. The molecular weight excluding hydrogens is 552 g/mol. The molecule has 1 saturated heterocycles. The van der Waals surface area contributed by atoms with Gasteiger partial charge in [0.05, 0.1) is 25.9 Å². The van der Waals surface area contributed by atoms with E-state index in [4.69, 9.17) is 33.2 Å². The van der Waals surface area contributed by atoms with Crippen molar-refractivity contribution in [2.75, 3.05) is 33.7 Å². The zero-order valence-electron chi connectivity index (χ0n) is 24.0. The first kappa shape index (κ1) is 32.3. The molecule has 13 heteroatoms. The molecular formula is C29H36N2O11. The number of methoxy groups -OCH3 is 1. The van der Waals surface area contributed by atoms with Gasteiger partial charge in [0.15, 0.2) is 29.3 Å². The largest absolute Gasteiger partial charge is 0.493 e. The molecule has 4 atom stereocenters. The monoisotopic (exact) mass is 588 g/mol. The highest BCUT2D eigenvalue weighted by molar-refractivity contribution is 5.98. The van der Waals surface area contributed by atoms with Crippen molar-refractivity contribution in [3.05, 3.63) is 53.9 Å². The Morgan fingerprint density at radius 2 is 1.88 bits per heavy atom. The molecule has 2 heterocycles. The minimum atomic E-state index is -1.26. The number of hydrogen-bond acceptors (Lipinski definition) is 12. The van der Waals surface area contributed by atoms with Gasteiger partial charge in [-0.15, -0.1) is 0 Å². The number of cyclic esters (lactones) is 1. The molecule has 1 aliphatic heterocycles. The van der Waals surface area contributed by atoms with Gasteiger partial charge in [-0.05, 0) is 25.5 Å². The summed E-state index contributed by atoms with van der Waals surface area (Å²) in [5.74, 6) is -2.76. The highest BCUT2D eigenvalue weighted by Crippen LogP contribution is 2.29. The molecule has 2 aromatic rings. The molecule has 1 fully saturated rings. The third kappa shape index (κ3) is 9.14. The fourth-order valence-corrected chi connectivity index (χ4v) is 3.95. The first-order valence-corrected chi connectivity index (χ1v) is 13.5. The Hall–Kier alpha value is -4.23. The van der Waals surface area contributed by atoms with Gasteiger partial charge in [-0.1, -0.05) is 31.5 Å². The lowest BCUT2D eigenvalue weighted by atomic mass is 10.1. The van der Waals surface area contributed by atoms with Gasteiger partial charge < -0.3 is 38.5 Å². The summed E-state index contributed by atoms with van der Waals surface area (Å²) < 4.78 is 38.7. The summed E-state index contributed by atoms with van der Waals surface area (Å²) in [5.41, 5.74) is 0.101. The van der Waals surface area contributed by atoms with Gasteiger partial charge in [0, 0.05) is 25.8 Å². The summed E-state index contributed by atoms with van der Waals surface area (Å²) in [5, 5.41) is 2.55. The SMILES string of the molecule is CCCCO[C@H]1COC[C@H](NC(=O)c2nccc(OC)c2OCOC(C)=O)C(=O)O[C@@H](C)[C@@H]1OC(=O)c1ccccc1. The first-order valence-electron chi connectivity index (χ1n) is 13.5. The Bertz CT molecular complexity index is 1210. The number of carbonyl (C=O) groups is 4. The van der Waals surface area contributed by atoms with Crippen LogP contribution < -0.4 is 14.8 Å². The van der Waals surface area contributed by atoms with Crippen LogP contribution in [-0.4, -0.2) is 86.9 Å². The van der Waals surface area contributed by atoms with Gasteiger partial charge in [0.2, 0.25) is 6.79 Å². The standard InChI is InChI=1S/C29H36N2O11/c1-5-6-14-38-23-16-37-15-21(29(35)41-18(2)25(23)42-28(34)20-10-8-7-9-11-20)31-27(33)24-26(40-17-39-19(3)32)22(36-4)12-13-30-24/h7-13,18,21,23,25H,5-6,14-17H2,1-4H3,(H,31,33)/t18-,21-,23-,25-/m0/s1. The van der Waals surface area contributed by atoms with E-state index in [1.165, 1.54) is 26.3 Å². The van der Waals surface area contributed by atoms with E-state index in [0.29, 0.717) is 12.2 Å². The summed E-state index contributed by atoms with van der Waals surface area (Å²) in [6.45, 7) is 4.36. The second kappa shape index (κ2) is 16.3. The predicted octanol–water partition coefficient (Wildman–Crippen LogP) is 2.46. The maximum atomic E-state index is 13.2. The number of hydrogen-bond donors (Lipinski definition) is 1. The second-order valence-electron chi connectivity index (χ2n) is 9.29. The Kier molecular flexibility index (Phi) is 12.5. The molecule has 0 radical (unpaired) electrons. The Morgan fingerprint density at radius 1 is 1.12 bits per heavy atom. The van der Waals surface area contributed by atoms with Crippen molar-refractivity contribution in [3.63, 3.8) is 0 Å². The van der Waals surface area contributed by atoms with E-state index in [9.17, 15) is 19.2 Å². The van der Waals surface area contributed by atoms with E-state index in [1.807, 2.05) is 6.92 Å². The van der Waals surface area contributed by atoms with E-state index in [2.05, 4.69) is 10.3 Å². The third-order valence-electron chi connectivity index (χ3n) is 6.14. The zero-order chi connectivity index (χ0) is 30.5. The molecule has 0 bridgehead atoms. The van der Waals surface area contributed by atoms with E-state index in [-0.39, 0.29) is 30.4 Å². The lowest BCUT2D eigenvalue weighted by Crippen LogP contribution is -2.47. The van der Waals surface area contributed by atoms with E-state index >= 15 is 0 Å². The Balaban J connectivity index is 1.78. The third-order valence-corrected chi connectivity index (χ3v) is 6.14. The van der Waals surface area contributed by atoms with Gasteiger partial charge in [-0.25, -0.2) is 14.6 Å². The van der Waals surface area contributed by atoms with Gasteiger partial charge >= 0.3 is 17.9 Å². The van der Waals surface area contributed by atoms with Crippen LogP contribution in [0.2, 0.25) is 0 Å². The Morgan fingerprint density at radius 3 is 2.57 bits per heavy atom. The summed E-state index contributed by atoms with van der Waals surface area (Å²) in [7, 11) is 1.36. The van der Waals surface area contributed by atoms with Crippen molar-refractivity contribution in [2.45, 2.75) is 58.0 Å². The van der Waals surface area contributed by atoms with Crippen LogP contribution in [0, 0.1) is 0 Å². The molecule has 1 aromatic carbocycles. The van der Waals surface area contributed by atoms with Gasteiger partial charge in [-0.3, -0.25) is 9.59 Å². The molecule has 228 valence electrons. The number of nitrogens with zero attached hydrogens (tertiary/aromatic N) is 1. The van der Waals surface area contributed by atoms with Crippen LogP contribution in [0.3, 0.4) is 0 Å². The summed E-state index contributed by atoms with van der Waals surface area (Å²) in [6, 6.07) is 8.61. The predicted molar refractivity (Wildman–Crippen MR) is 146 cm³/mol. The van der Waals surface area contributed by atoms with Crippen LogP contribution in [0.5, 0.6) is 11.5 Å². The van der Waals surface area contributed by atoms with Crippen LogP contribution in [-0.2, 0) is 33.3 Å². The number of carbonyl (C=O) groups excluding carboxylic acids is 4. The zero-order valence-corrected chi connectivity index (χ0v) is 24.0. The minimum absolute atomic E-state index is 0.0437. The van der Waals surface area contributed by atoms with E-state index in [0.717, 1.165) is 12.8 Å². The fourth-order valence-electron chi connectivity index (χ4n) is 3.95. The number of rotatable bonds is 12. The highest BCUT2D eigenvalue weighted by Gasteiger charge is 2.38. The molecule has 1 N–H and O–H groups in total. The van der Waals surface area contributed by atoms with Crippen LogP contribution in [0.4, 0.5) is 0 Å². The number of amides is 1. The van der Waals surface area contributed by atoms with Crippen molar-refractivity contribution in [1.82, 2.24) is 10.3 Å². The van der Waals surface area contributed by atoms with Crippen molar-refractivity contribution < 1.29 is 52.3 Å². The molecule has 1 aliphatic rings. The van der Waals surface area contributed by atoms with Crippen molar-refractivity contribution in [1.29, 1.82) is 0 Å². The molecule has 1 amide bonds. The number of benzene rings is 1. The molecule has 0 spiro atoms. The summed E-state index contributed by atoms with van der Waals surface area (Å²) in [4.78, 5) is 54.5. The lowest BCUT2D eigenvalue weighted by Gasteiger charge is -2.30. The molecule has 0 aliphatic carbocycles. The maximum absolute atomic E-state index is 13.2. The molecule has 0 saturated carbocycles. The van der Waals surface area contributed by atoms with Gasteiger partial charge in [0.25, 0.3) is 5.91 Å². The molecule has 0 unspecified atom stereocenters. The number of unbranched alkanes of at least 4 members (excludes halogenated alkanes) is 1.